The summed E-state index contributed by atoms with van der Waals surface area (Å²) in [6.45, 7) is 11.9. The fraction of sp³-hybridized carbons (Fsp3) is 0.250. The Labute approximate surface area is 136 Å². The van der Waals surface area contributed by atoms with Crippen molar-refractivity contribution in [2.75, 3.05) is 13.2 Å². The summed E-state index contributed by atoms with van der Waals surface area (Å²) in [5, 5.41) is 1.91. The Morgan fingerprint density at radius 1 is 1.00 bits per heavy atom. The molecule has 0 aliphatic heterocycles. The normalized spacial score (nSPS) is 15.1. The first-order valence-electron chi connectivity index (χ1n) is 7.59. The Bertz CT molecular complexity index is 793. The number of hydrogen-bond acceptors (Lipinski definition) is 3. The van der Waals surface area contributed by atoms with E-state index < -0.39 is 5.79 Å². The highest BCUT2D eigenvalue weighted by molar-refractivity contribution is 6.18. The second-order valence-corrected chi connectivity index (χ2v) is 6.15. The van der Waals surface area contributed by atoms with E-state index >= 15 is 0 Å². The summed E-state index contributed by atoms with van der Waals surface area (Å²) in [4.78, 5) is 13.1. The molecule has 0 amide bonds. The first kappa shape index (κ1) is 15.7. The van der Waals surface area contributed by atoms with Gasteiger partial charge in [-0.1, -0.05) is 60.7 Å². The lowest BCUT2D eigenvalue weighted by Gasteiger charge is -2.29. The van der Waals surface area contributed by atoms with Crippen LogP contribution in [0.2, 0.25) is 0 Å². The number of rotatable bonds is 6. The highest BCUT2D eigenvalue weighted by Crippen LogP contribution is 2.44. The molecule has 0 spiro atoms. The van der Waals surface area contributed by atoms with E-state index in [1.54, 1.807) is 0 Å². The fourth-order valence-corrected chi connectivity index (χ4v) is 2.88. The third-order valence-electron chi connectivity index (χ3n) is 3.85. The predicted molar refractivity (Wildman–Crippen MR) is 91.5 cm³/mol. The highest BCUT2D eigenvalue weighted by Gasteiger charge is 2.50. The third-order valence-corrected chi connectivity index (χ3v) is 3.85. The van der Waals surface area contributed by atoms with Gasteiger partial charge in [-0.25, -0.2) is 0 Å². The van der Waals surface area contributed by atoms with E-state index in [9.17, 15) is 4.79 Å². The molecule has 0 saturated heterocycles. The van der Waals surface area contributed by atoms with Gasteiger partial charge in [0.25, 0.3) is 5.79 Å². The van der Waals surface area contributed by atoms with Crippen molar-refractivity contribution in [3.8, 4) is 0 Å². The largest absolute Gasteiger partial charge is 0.335 e. The highest BCUT2D eigenvalue weighted by atomic mass is 16.7. The van der Waals surface area contributed by atoms with Gasteiger partial charge in [-0.2, -0.15) is 0 Å². The van der Waals surface area contributed by atoms with Gasteiger partial charge in [-0.3, -0.25) is 4.79 Å². The van der Waals surface area contributed by atoms with E-state index in [1.165, 1.54) is 0 Å². The number of Topliss-reactive ketones (excluding diaryl/α,β-unsaturated/α-hetero) is 1. The minimum absolute atomic E-state index is 0.160. The molecular formula is C20H20O3. The summed E-state index contributed by atoms with van der Waals surface area (Å²) in [7, 11) is 0. The van der Waals surface area contributed by atoms with Gasteiger partial charge in [0.1, 0.15) is 0 Å². The number of carbonyl (C=O) groups is 1. The summed E-state index contributed by atoms with van der Waals surface area (Å²) < 4.78 is 12.0. The van der Waals surface area contributed by atoms with Crippen LogP contribution in [0, 0.1) is 0 Å². The van der Waals surface area contributed by atoms with Crippen LogP contribution in [0.4, 0.5) is 0 Å². The number of ether oxygens (including phenoxy) is 2. The molecule has 3 heteroatoms. The maximum Gasteiger partial charge on any atom is 0.262 e. The van der Waals surface area contributed by atoms with E-state index in [1.807, 2.05) is 50.2 Å². The summed E-state index contributed by atoms with van der Waals surface area (Å²) >= 11 is 0. The molecule has 0 radical (unpaired) electrons. The van der Waals surface area contributed by atoms with Crippen molar-refractivity contribution < 1.29 is 14.3 Å². The summed E-state index contributed by atoms with van der Waals surface area (Å²) in [6.07, 6.45) is 0. The molecule has 0 fully saturated rings. The first-order valence-corrected chi connectivity index (χ1v) is 7.59. The van der Waals surface area contributed by atoms with Crippen molar-refractivity contribution >= 4 is 16.6 Å². The van der Waals surface area contributed by atoms with Gasteiger partial charge in [0, 0.05) is 16.5 Å². The van der Waals surface area contributed by atoms with Gasteiger partial charge in [0.15, 0.2) is 0 Å². The smallest absolute Gasteiger partial charge is 0.262 e. The SMILES string of the molecule is C=C(C)COC1(OCC(=C)C)C(=O)c2cccc3cccc1c23. The molecule has 0 atom stereocenters. The Morgan fingerprint density at radius 3 is 2.13 bits per heavy atom. The number of ketones is 1. The van der Waals surface area contributed by atoms with Gasteiger partial charge in [0.05, 0.1) is 13.2 Å². The van der Waals surface area contributed by atoms with E-state index in [2.05, 4.69) is 13.2 Å². The number of carbonyl (C=O) groups excluding carboxylic acids is 1. The fourth-order valence-electron chi connectivity index (χ4n) is 2.88. The Kier molecular flexibility index (Phi) is 3.92. The topological polar surface area (TPSA) is 35.5 Å². The Hall–Kier alpha value is -2.23. The van der Waals surface area contributed by atoms with Crippen LogP contribution < -0.4 is 0 Å². The van der Waals surface area contributed by atoms with Crippen molar-refractivity contribution in [1.82, 2.24) is 0 Å². The van der Waals surface area contributed by atoms with Crippen molar-refractivity contribution in [1.29, 1.82) is 0 Å². The second kappa shape index (κ2) is 5.76. The Balaban J connectivity index is 2.16. The van der Waals surface area contributed by atoms with Crippen LogP contribution in [0.5, 0.6) is 0 Å². The van der Waals surface area contributed by atoms with Crippen molar-refractivity contribution in [3.05, 3.63) is 71.8 Å². The molecule has 0 saturated carbocycles. The van der Waals surface area contributed by atoms with E-state index in [0.717, 1.165) is 27.5 Å². The summed E-state index contributed by atoms with van der Waals surface area (Å²) in [6, 6.07) is 11.5. The van der Waals surface area contributed by atoms with Crippen LogP contribution in [0.1, 0.15) is 29.8 Å². The van der Waals surface area contributed by atoms with Crippen molar-refractivity contribution in [2.45, 2.75) is 19.6 Å². The average Bonchev–Trinajstić information content (AvgIpc) is 2.76. The molecule has 23 heavy (non-hydrogen) atoms. The molecule has 1 aliphatic carbocycles. The molecule has 3 rings (SSSR count). The maximum absolute atomic E-state index is 13.1. The van der Waals surface area contributed by atoms with Crippen LogP contribution in [0.3, 0.4) is 0 Å². The third kappa shape index (κ3) is 2.52. The average molecular weight is 308 g/mol. The van der Waals surface area contributed by atoms with E-state index in [0.29, 0.717) is 5.56 Å². The minimum Gasteiger partial charge on any atom is -0.335 e. The lowest BCUT2D eigenvalue weighted by atomic mass is 10.0. The molecule has 2 aromatic rings. The van der Waals surface area contributed by atoms with Crippen LogP contribution >= 0.6 is 0 Å². The van der Waals surface area contributed by atoms with Gasteiger partial charge >= 0.3 is 0 Å². The number of benzene rings is 2. The van der Waals surface area contributed by atoms with E-state index in [4.69, 9.17) is 9.47 Å². The quantitative estimate of drug-likeness (QED) is 0.587. The molecule has 118 valence electrons. The zero-order valence-corrected chi connectivity index (χ0v) is 13.5. The van der Waals surface area contributed by atoms with Gasteiger partial charge < -0.3 is 9.47 Å². The second-order valence-electron chi connectivity index (χ2n) is 6.15. The van der Waals surface area contributed by atoms with Crippen molar-refractivity contribution in [2.24, 2.45) is 0 Å². The zero-order valence-electron chi connectivity index (χ0n) is 13.5. The van der Waals surface area contributed by atoms with Crippen LogP contribution in [-0.2, 0) is 15.3 Å². The van der Waals surface area contributed by atoms with Crippen LogP contribution in [-0.4, -0.2) is 19.0 Å². The number of hydrogen-bond donors (Lipinski definition) is 0. The molecule has 0 heterocycles. The molecular weight excluding hydrogens is 288 g/mol. The molecule has 3 nitrogen and oxygen atoms in total. The first-order chi connectivity index (χ1) is 11.0. The minimum atomic E-state index is -1.42. The zero-order chi connectivity index (χ0) is 16.6. The van der Waals surface area contributed by atoms with Gasteiger partial charge in [0.2, 0.25) is 5.78 Å². The predicted octanol–water partition coefficient (Wildman–Crippen LogP) is 4.37. The van der Waals surface area contributed by atoms with Gasteiger partial charge in [-0.05, 0) is 19.2 Å². The molecule has 2 aromatic carbocycles. The van der Waals surface area contributed by atoms with Crippen LogP contribution in [0.15, 0.2) is 60.7 Å². The molecule has 0 aromatic heterocycles. The van der Waals surface area contributed by atoms with Crippen LogP contribution in [0.25, 0.3) is 10.8 Å². The molecule has 0 bridgehead atoms. The monoisotopic (exact) mass is 308 g/mol. The summed E-state index contributed by atoms with van der Waals surface area (Å²) in [5.41, 5.74) is 3.07. The Morgan fingerprint density at radius 2 is 1.57 bits per heavy atom. The molecule has 0 N–H and O–H groups in total. The van der Waals surface area contributed by atoms with Crippen molar-refractivity contribution in [3.63, 3.8) is 0 Å². The van der Waals surface area contributed by atoms with Gasteiger partial charge in [-0.15, -0.1) is 0 Å². The molecule has 0 unspecified atom stereocenters. The standard InChI is InChI=1S/C20H20O3/c1-13(2)11-22-20(23-12-14(3)4)17-10-6-8-15-7-5-9-16(18(15)17)19(20)21/h5-10H,1,3,11-12H2,2,4H3. The lowest BCUT2D eigenvalue weighted by Crippen LogP contribution is -2.39. The lowest BCUT2D eigenvalue weighted by molar-refractivity contribution is -0.197. The summed E-state index contributed by atoms with van der Waals surface area (Å²) in [5.74, 6) is -1.58. The maximum atomic E-state index is 13.1. The van der Waals surface area contributed by atoms with E-state index in [-0.39, 0.29) is 19.0 Å². The molecule has 1 aliphatic rings.